The lowest BCUT2D eigenvalue weighted by atomic mass is 10.1. The molecule has 2 fully saturated rings. The van der Waals surface area contributed by atoms with Crippen molar-refractivity contribution in [3.63, 3.8) is 0 Å². The number of nitrogens with one attached hydrogen (secondary N) is 3. The highest BCUT2D eigenvalue weighted by Crippen LogP contribution is 2.53. The molecule has 2 aromatic rings. The molecule has 21 heteroatoms. The maximum atomic E-state index is 13.1. The molecule has 0 radical (unpaired) electrons. The normalized spacial score (nSPS) is 25.4. The van der Waals surface area contributed by atoms with E-state index in [-0.39, 0.29) is 16.8 Å². The van der Waals surface area contributed by atoms with E-state index in [9.17, 15) is 38.4 Å². The van der Waals surface area contributed by atoms with Crippen LogP contribution in [0.3, 0.4) is 0 Å². The molecule has 1 saturated carbocycles. The van der Waals surface area contributed by atoms with Crippen LogP contribution < -0.4 is 15.4 Å². The van der Waals surface area contributed by atoms with Gasteiger partial charge in [0.05, 0.1) is 30.5 Å². The van der Waals surface area contributed by atoms with Crippen LogP contribution in [0.15, 0.2) is 16.6 Å². The summed E-state index contributed by atoms with van der Waals surface area (Å²) >= 11 is 6.28. The van der Waals surface area contributed by atoms with Gasteiger partial charge in [-0.05, 0) is 18.9 Å². The minimum Gasteiger partial charge on any atom is -0.387 e. The van der Waals surface area contributed by atoms with Gasteiger partial charge >= 0.3 is 19.5 Å². The van der Waals surface area contributed by atoms with Gasteiger partial charge in [0.25, 0.3) is 5.34 Å². The topological polar surface area (TPSA) is 256 Å². The number of pyridine rings is 1. The fourth-order valence-electron chi connectivity index (χ4n) is 5.00. The number of carbonyl (C=O) groups is 2. The van der Waals surface area contributed by atoms with Crippen molar-refractivity contribution >= 4 is 57.8 Å². The molecule has 18 nitrogen and oxygen atoms in total. The van der Waals surface area contributed by atoms with Crippen LogP contribution in [0.25, 0.3) is 11.0 Å². The molecule has 246 valence electrons. The van der Waals surface area contributed by atoms with Gasteiger partial charge in [-0.2, -0.15) is 5.10 Å². The van der Waals surface area contributed by atoms with Gasteiger partial charge in [-0.3, -0.25) is 14.1 Å². The molecular formula is C23H35ClN7O11PS. The van der Waals surface area contributed by atoms with E-state index in [4.69, 9.17) is 25.8 Å². The van der Waals surface area contributed by atoms with Crippen molar-refractivity contribution in [3.05, 3.63) is 17.4 Å². The molecule has 2 aliphatic rings. The van der Waals surface area contributed by atoms with Gasteiger partial charge in [0.1, 0.15) is 33.4 Å². The van der Waals surface area contributed by atoms with E-state index in [1.807, 2.05) is 4.72 Å². The monoisotopic (exact) mass is 683 g/mol. The standard InChI is InChI=1S/C23H35ClN7O11PS/c1-25-22(35)30-44(3,39)29-21(34)23(11-40-2,43(36,37)38)41-10-15-17(32)18(33)20(42-15)31-19-13(9-26-31)14(8-16(24)28-19)27-12-6-4-5-7-12/h8-9,12,15,17-18,20,32-33H,4-7,10-11H2,1-3H3,(H,27,28)(H2,36,37,38)(H2,25,29,30,34,35,39)/t15-,17-,18-,20-,23?,44?/m1/s1. The number of carbonyl (C=O) groups excluding carboxylic acids is 2. The van der Waals surface area contributed by atoms with E-state index < -0.39 is 72.5 Å². The van der Waals surface area contributed by atoms with Crippen LogP contribution in [-0.2, 0) is 33.5 Å². The first-order chi connectivity index (χ1) is 20.6. The summed E-state index contributed by atoms with van der Waals surface area (Å²) in [5.74, 6) is -1.71. The number of fused-ring (bicyclic) bond motifs is 1. The lowest BCUT2D eigenvalue weighted by Crippen LogP contribution is -2.48. The SMILES string of the molecule is CNC(=O)NS(C)(=O)=NC(=O)C(COC)(OC[C@H]1O[C@@H](n2ncc3c(NC4CCCC4)cc(Cl)nc32)[C@H](O)[C@@H]1O)P(=O)(O)O. The van der Waals surface area contributed by atoms with Crippen LogP contribution >= 0.6 is 19.2 Å². The van der Waals surface area contributed by atoms with E-state index in [2.05, 4.69) is 25.1 Å². The van der Waals surface area contributed by atoms with Crippen molar-refractivity contribution in [1.82, 2.24) is 24.8 Å². The number of urea groups is 1. The highest BCUT2D eigenvalue weighted by Gasteiger charge is 2.57. The highest BCUT2D eigenvalue weighted by atomic mass is 35.5. The smallest absolute Gasteiger partial charge is 0.369 e. The Hall–Kier alpha value is -2.45. The van der Waals surface area contributed by atoms with E-state index >= 15 is 0 Å². The van der Waals surface area contributed by atoms with E-state index in [0.29, 0.717) is 11.1 Å². The molecule has 2 unspecified atom stereocenters. The lowest BCUT2D eigenvalue weighted by molar-refractivity contribution is -0.149. The zero-order chi connectivity index (χ0) is 32.4. The Morgan fingerprint density at radius 1 is 1.30 bits per heavy atom. The maximum Gasteiger partial charge on any atom is 0.369 e. The number of aromatic nitrogens is 3. The molecule has 3 amide bonds. The quantitative estimate of drug-likeness (QED) is 0.122. The van der Waals surface area contributed by atoms with Gasteiger partial charge in [-0.1, -0.05) is 24.4 Å². The maximum absolute atomic E-state index is 13.1. The number of halogens is 1. The second-order valence-corrected chi connectivity index (χ2v) is 14.6. The fourth-order valence-corrected chi connectivity index (χ4v) is 7.05. The first kappa shape index (κ1) is 34.4. The van der Waals surface area contributed by atoms with Crippen LogP contribution in [0.2, 0.25) is 5.15 Å². The minimum absolute atomic E-state index is 0.138. The van der Waals surface area contributed by atoms with Gasteiger partial charge in [0.15, 0.2) is 11.9 Å². The Bertz CT molecular complexity index is 1560. The Kier molecular flexibility index (Phi) is 10.6. The molecule has 1 saturated heterocycles. The van der Waals surface area contributed by atoms with E-state index in [1.165, 1.54) is 17.9 Å². The van der Waals surface area contributed by atoms with Gasteiger partial charge in [-0.25, -0.2) is 18.7 Å². The summed E-state index contributed by atoms with van der Waals surface area (Å²) in [4.78, 5) is 49.3. The Morgan fingerprint density at radius 2 is 1.98 bits per heavy atom. The van der Waals surface area contributed by atoms with Crippen molar-refractivity contribution < 1.29 is 52.6 Å². The first-order valence-corrected chi connectivity index (χ1v) is 17.3. The first-order valence-electron chi connectivity index (χ1n) is 13.4. The second-order valence-electron chi connectivity index (χ2n) is 10.4. The van der Waals surface area contributed by atoms with Crippen molar-refractivity contribution in [2.45, 2.75) is 61.6 Å². The average molecular weight is 684 g/mol. The van der Waals surface area contributed by atoms with Gasteiger partial charge < -0.3 is 44.8 Å². The molecule has 2 aromatic heterocycles. The number of amides is 3. The van der Waals surface area contributed by atoms with Crippen molar-refractivity contribution in [2.75, 3.05) is 38.9 Å². The Balaban J connectivity index is 1.60. The number of aliphatic hydroxyl groups excluding tert-OH is 2. The summed E-state index contributed by atoms with van der Waals surface area (Å²) in [6, 6.07) is 0.923. The molecule has 6 atom stereocenters. The molecule has 7 N–H and O–H groups in total. The number of anilines is 1. The summed E-state index contributed by atoms with van der Waals surface area (Å²) in [7, 11) is -7.24. The van der Waals surface area contributed by atoms with Gasteiger partial charge in [0, 0.05) is 26.5 Å². The van der Waals surface area contributed by atoms with Crippen LogP contribution in [0.5, 0.6) is 0 Å². The third-order valence-electron chi connectivity index (χ3n) is 7.23. The average Bonchev–Trinajstić information content (AvgIpc) is 3.66. The molecular weight excluding hydrogens is 649 g/mol. The van der Waals surface area contributed by atoms with Crippen molar-refractivity contribution in [2.24, 2.45) is 4.36 Å². The number of nitrogens with zero attached hydrogens (tertiary/aromatic N) is 4. The second kappa shape index (κ2) is 13.5. The molecule has 0 spiro atoms. The Labute approximate surface area is 257 Å². The number of ether oxygens (including phenoxy) is 3. The minimum atomic E-state index is -5.61. The molecule has 44 heavy (non-hydrogen) atoms. The number of hydrogen-bond acceptors (Lipinski definition) is 12. The van der Waals surface area contributed by atoms with Crippen LogP contribution in [0, 0.1) is 0 Å². The van der Waals surface area contributed by atoms with E-state index in [0.717, 1.165) is 39.0 Å². The predicted molar refractivity (Wildman–Crippen MR) is 156 cm³/mol. The lowest BCUT2D eigenvalue weighted by Gasteiger charge is -2.31. The third kappa shape index (κ3) is 7.17. The molecule has 4 rings (SSSR count). The van der Waals surface area contributed by atoms with E-state index in [1.54, 1.807) is 6.07 Å². The number of hydrogen-bond donors (Lipinski definition) is 7. The van der Waals surface area contributed by atoms with Crippen LogP contribution in [0.4, 0.5) is 10.5 Å². The summed E-state index contributed by atoms with van der Waals surface area (Å²) in [6.45, 7) is -1.94. The summed E-state index contributed by atoms with van der Waals surface area (Å²) in [5, 5.41) is 29.1. The molecule has 1 aliphatic carbocycles. The zero-order valence-corrected chi connectivity index (χ0v) is 26.4. The summed E-state index contributed by atoms with van der Waals surface area (Å²) in [5.41, 5.74) is 0.910. The largest absolute Gasteiger partial charge is 0.387 e. The van der Waals surface area contributed by atoms with Crippen molar-refractivity contribution in [1.29, 1.82) is 0 Å². The molecule has 0 bridgehead atoms. The zero-order valence-electron chi connectivity index (χ0n) is 24.0. The van der Waals surface area contributed by atoms with Gasteiger partial charge in [0.2, 0.25) is 0 Å². The highest BCUT2D eigenvalue weighted by molar-refractivity contribution is 7.91. The molecule has 3 heterocycles. The van der Waals surface area contributed by atoms with Crippen LogP contribution in [-0.4, -0.2) is 114 Å². The van der Waals surface area contributed by atoms with Crippen LogP contribution in [0.1, 0.15) is 31.9 Å². The van der Waals surface area contributed by atoms with Crippen molar-refractivity contribution in [3.8, 4) is 0 Å². The molecule has 1 aliphatic heterocycles. The summed E-state index contributed by atoms with van der Waals surface area (Å²) < 4.78 is 47.7. The van der Waals surface area contributed by atoms with Gasteiger partial charge in [-0.15, -0.1) is 4.36 Å². The summed E-state index contributed by atoms with van der Waals surface area (Å²) in [6.07, 6.45) is 0.391. The fraction of sp³-hybridized carbons (Fsp3) is 0.652. The number of methoxy groups -OCH3 is 1. The third-order valence-corrected chi connectivity index (χ3v) is 9.89. The number of aliphatic hydroxyl groups is 2. The predicted octanol–water partition coefficient (Wildman–Crippen LogP) is 0.0638. The Morgan fingerprint density at radius 3 is 2.59 bits per heavy atom. The molecule has 0 aromatic carbocycles. The number of rotatable bonds is 11.